The average molecular weight is 338 g/mol. The minimum atomic E-state index is -0.100. The summed E-state index contributed by atoms with van der Waals surface area (Å²) in [6.07, 6.45) is 3.94. The number of H-pyrrole nitrogens is 1. The topological polar surface area (TPSA) is 65.6 Å². The molecule has 1 unspecified atom stereocenters. The van der Waals surface area contributed by atoms with E-state index in [1.807, 2.05) is 12.1 Å². The second-order valence-electron chi connectivity index (χ2n) is 7.46. The SMILES string of the molecule is C/C=C1\CN2[C@H]3C[C@@H]1[C@H](C(=O)OC)[C@@H]2Cc1c3[nH]c2ccc(O)cc12. The van der Waals surface area contributed by atoms with Gasteiger partial charge in [0.15, 0.2) is 0 Å². The number of aromatic hydroxyl groups is 1. The zero-order valence-electron chi connectivity index (χ0n) is 14.5. The molecule has 2 aromatic rings. The van der Waals surface area contributed by atoms with Gasteiger partial charge in [0.25, 0.3) is 0 Å². The van der Waals surface area contributed by atoms with Crippen LogP contribution in [0.2, 0.25) is 0 Å². The highest BCUT2D eigenvalue weighted by molar-refractivity contribution is 5.87. The summed E-state index contributed by atoms with van der Waals surface area (Å²) >= 11 is 0. The van der Waals surface area contributed by atoms with Gasteiger partial charge in [-0.25, -0.2) is 0 Å². The summed E-state index contributed by atoms with van der Waals surface area (Å²) in [5.74, 6) is 0.359. The summed E-state index contributed by atoms with van der Waals surface area (Å²) in [7, 11) is 1.49. The van der Waals surface area contributed by atoms with E-state index in [4.69, 9.17) is 4.74 Å². The van der Waals surface area contributed by atoms with E-state index >= 15 is 0 Å². The number of nitrogens with zero attached hydrogens (tertiary/aromatic N) is 1. The maximum atomic E-state index is 12.6. The summed E-state index contributed by atoms with van der Waals surface area (Å²) in [5.41, 5.74) is 4.95. The molecule has 130 valence electrons. The normalized spacial score (nSPS) is 34.3. The molecular weight excluding hydrogens is 316 g/mol. The molecule has 5 nitrogen and oxygen atoms in total. The molecular formula is C20H22N2O3. The Hall–Kier alpha value is -2.27. The van der Waals surface area contributed by atoms with Crippen LogP contribution >= 0.6 is 0 Å². The van der Waals surface area contributed by atoms with Crippen LogP contribution in [0.25, 0.3) is 10.9 Å². The lowest BCUT2D eigenvalue weighted by molar-refractivity contribution is -0.157. The van der Waals surface area contributed by atoms with Gasteiger partial charge in [-0.05, 0) is 49.4 Å². The molecule has 4 bridgehead atoms. The van der Waals surface area contributed by atoms with Crippen molar-refractivity contribution in [3.05, 3.63) is 41.1 Å². The third-order valence-electron chi connectivity index (χ3n) is 6.51. The number of rotatable bonds is 1. The Bertz CT molecular complexity index is 913. The van der Waals surface area contributed by atoms with Crippen molar-refractivity contribution in [2.24, 2.45) is 11.8 Å². The number of hydrogen-bond donors (Lipinski definition) is 2. The summed E-state index contributed by atoms with van der Waals surface area (Å²) in [5, 5.41) is 11.0. The van der Waals surface area contributed by atoms with Gasteiger partial charge in [-0.1, -0.05) is 11.6 Å². The highest BCUT2D eigenvalue weighted by atomic mass is 16.5. The molecule has 5 heteroatoms. The number of aromatic amines is 1. The summed E-state index contributed by atoms with van der Waals surface area (Å²) in [6, 6.07) is 5.99. The van der Waals surface area contributed by atoms with Crippen LogP contribution in [0.15, 0.2) is 29.8 Å². The van der Waals surface area contributed by atoms with Crippen molar-refractivity contribution in [2.75, 3.05) is 13.7 Å². The number of piperidine rings is 3. The van der Waals surface area contributed by atoms with Crippen LogP contribution < -0.4 is 0 Å². The fourth-order valence-electron chi connectivity index (χ4n) is 5.43. The molecule has 2 N–H and O–H groups in total. The minimum Gasteiger partial charge on any atom is -0.508 e. The lowest BCUT2D eigenvalue weighted by Gasteiger charge is -2.57. The van der Waals surface area contributed by atoms with E-state index in [1.165, 1.54) is 23.9 Å². The first-order valence-electron chi connectivity index (χ1n) is 8.94. The third kappa shape index (κ3) is 1.90. The van der Waals surface area contributed by atoms with Gasteiger partial charge in [0.05, 0.1) is 19.1 Å². The van der Waals surface area contributed by atoms with Gasteiger partial charge in [-0.15, -0.1) is 0 Å². The first kappa shape index (κ1) is 15.0. The molecule has 0 aliphatic carbocycles. The van der Waals surface area contributed by atoms with Gasteiger partial charge in [-0.3, -0.25) is 9.69 Å². The number of benzene rings is 1. The second-order valence-corrected chi connectivity index (χ2v) is 7.46. The molecule has 4 aliphatic rings. The minimum absolute atomic E-state index is 0.0939. The molecule has 0 spiro atoms. The van der Waals surface area contributed by atoms with Crippen molar-refractivity contribution in [1.82, 2.24) is 9.88 Å². The largest absolute Gasteiger partial charge is 0.508 e. The van der Waals surface area contributed by atoms with Crippen LogP contribution in [0.5, 0.6) is 5.75 Å². The van der Waals surface area contributed by atoms with Gasteiger partial charge in [0, 0.05) is 29.2 Å². The molecule has 25 heavy (non-hydrogen) atoms. The van der Waals surface area contributed by atoms with Crippen molar-refractivity contribution in [3.8, 4) is 5.75 Å². The Morgan fingerprint density at radius 3 is 3.04 bits per heavy atom. The number of ether oxygens (including phenoxy) is 1. The van der Waals surface area contributed by atoms with E-state index in [0.717, 1.165) is 30.3 Å². The number of carbonyl (C=O) groups excluding carboxylic acids is 1. The number of carbonyl (C=O) groups is 1. The van der Waals surface area contributed by atoms with E-state index in [1.54, 1.807) is 6.07 Å². The van der Waals surface area contributed by atoms with E-state index in [0.29, 0.717) is 6.04 Å². The number of hydrogen-bond acceptors (Lipinski definition) is 4. The quantitative estimate of drug-likeness (QED) is 0.620. The number of allylic oxidation sites excluding steroid dienone is 1. The monoisotopic (exact) mass is 338 g/mol. The van der Waals surface area contributed by atoms with Crippen LogP contribution in [-0.2, 0) is 16.0 Å². The predicted octanol–water partition coefficient (Wildman–Crippen LogP) is 2.91. The molecule has 6 rings (SSSR count). The van der Waals surface area contributed by atoms with E-state index in [9.17, 15) is 9.90 Å². The van der Waals surface area contributed by atoms with Gasteiger partial charge in [0.1, 0.15) is 5.75 Å². The van der Waals surface area contributed by atoms with Crippen molar-refractivity contribution in [1.29, 1.82) is 0 Å². The fourth-order valence-corrected chi connectivity index (χ4v) is 5.43. The Kier molecular flexibility index (Phi) is 3.07. The van der Waals surface area contributed by atoms with E-state index in [-0.39, 0.29) is 29.6 Å². The number of phenols is 1. The Morgan fingerprint density at radius 2 is 2.28 bits per heavy atom. The summed E-state index contributed by atoms with van der Waals surface area (Å²) in [6.45, 7) is 3.00. The number of nitrogens with one attached hydrogen (secondary N) is 1. The first-order chi connectivity index (χ1) is 12.1. The maximum absolute atomic E-state index is 12.6. The molecule has 1 aromatic heterocycles. The molecule has 0 radical (unpaired) electrons. The summed E-state index contributed by atoms with van der Waals surface area (Å²) < 4.78 is 5.16. The van der Waals surface area contributed by atoms with E-state index in [2.05, 4.69) is 22.9 Å². The van der Waals surface area contributed by atoms with Gasteiger partial charge < -0.3 is 14.8 Å². The number of esters is 1. The molecule has 3 saturated heterocycles. The number of aromatic nitrogens is 1. The lowest BCUT2D eigenvalue weighted by Crippen LogP contribution is -2.62. The van der Waals surface area contributed by atoms with E-state index < -0.39 is 0 Å². The highest BCUT2D eigenvalue weighted by Crippen LogP contribution is 2.54. The summed E-state index contributed by atoms with van der Waals surface area (Å²) in [4.78, 5) is 18.6. The van der Waals surface area contributed by atoms with Gasteiger partial charge in [-0.2, -0.15) is 0 Å². The predicted molar refractivity (Wildman–Crippen MR) is 94.3 cm³/mol. The Morgan fingerprint density at radius 1 is 1.44 bits per heavy atom. The number of fused-ring (bicyclic) bond motifs is 4. The van der Waals surface area contributed by atoms with Crippen molar-refractivity contribution in [3.63, 3.8) is 0 Å². The Labute approximate surface area is 146 Å². The molecule has 0 saturated carbocycles. The second kappa shape index (κ2) is 5.11. The lowest BCUT2D eigenvalue weighted by atomic mass is 9.64. The number of phenolic OH excluding ortho intramolecular Hbond substituents is 1. The maximum Gasteiger partial charge on any atom is 0.310 e. The zero-order chi connectivity index (χ0) is 17.3. The molecule has 0 amide bonds. The van der Waals surface area contributed by atoms with Crippen LogP contribution in [0.4, 0.5) is 0 Å². The average Bonchev–Trinajstić information content (AvgIpc) is 2.98. The molecule has 1 aromatic carbocycles. The van der Waals surface area contributed by atoms with Gasteiger partial charge >= 0.3 is 5.97 Å². The van der Waals surface area contributed by atoms with Crippen molar-refractivity contribution < 1.29 is 14.6 Å². The van der Waals surface area contributed by atoms with Crippen LogP contribution in [0, 0.1) is 11.8 Å². The first-order valence-corrected chi connectivity index (χ1v) is 8.94. The standard InChI is InChI=1S/C20H22N2O3/c1-3-10-9-22-16-8-14-13-6-11(23)4-5-15(13)21-19(14)17(22)7-12(10)18(16)20(24)25-2/h3-6,12,16-18,21,23H,7-9H2,1-2H3/b10-3+/t12-,16-,17-,18-/m0/s1. The number of methoxy groups -OCH3 is 1. The van der Waals surface area contributed by atoms with Crippen LogP contribution in [-0.4, -0.2) is 40.7 Å². The highest BCUT2D eigenvalue weighted by Gasteiger charge is 2.55. The van der Waals surface area contributed by atoms with Crippen molar-refractivity contribution in [2.45, 2.75) is 31.8 Å². The Balaban J connectivity index is 1.68. The van der Waals surface area contributed by atoms with Crippen LogP contribution in [0.3, 0.4) is 0 Å². The molecule has 5 atom stereocenters. The smallest absolute Gasteiger partial charge is 0.310 e. The van der Waals surface area contributed by atoms with Gasteiger partial charge in [0.2, 0.25) is 0 Å². The molecule has 4 aliphatic heterocycles. The third-order valence-corrected chi connectivity index (χ3v) is 6.51. The van der Waals surface area contributed by atoms with Crippen molar-refractivity contribution >= 4 is 16.9 Å². The fraction of sp³-hybridized carbons (Fsp3) is 0.450. The molecule has 3 fully saturated rings. The zero-order valence-corrected chi connectivity index (χ0v) is 14.5. The molecule has 5 heterocycles. The van der Waals surface area contributed by atoms with Crippen LogP contribution in [0.1, 0.15) is 30.6 Å².